The molecule has 4 nitrogen and oxygen atoms in total. The Bertz CT molecular complexity index is 170. The van der Waals surface area contributed by atoms with Gasteiger partial charge in [0.2, 0.25) is 0 Å². The molecule has 16 heavy (non-hydrogen) atoms. The standard InChI is InChI=1S/C12H27N3O/c1-12(2)16-11-10-14(3)8-9-15-6-4-13-5-7-15/h12-13H,4-11H2,1-3H3. The number of piperazine rings is 1. The summed E-state index contributed by atoms with van der Waals surface area (Å²) in [6.07, 6.45) is 0.349. The first-order valence-corrected chi connectivity index (χ1v) is 6.41. The van der Waals surface area contributed by atoms with E-state index in [1.54, 1.807) is 0 Å². The maximum Gasteiger partial charge on any atom is 0.0596 e. The molecule has 0 aliphatic carbocycles. The fraction of sp³-hybridized carbons (Fsp3) is 1.00. The van der Waals surface area contributed by atoms with Crippen molar-refractivity contribution in [3.63, 3.8) is 0 Å². The molecule has 1 heterocycles. The number of hydrogen-bond donors (Lipinski definition) is 1. The van der Waals surface area contributed by atoms with E-state index >= 15 is 0 Å². The van der Waals surface area contributed by atoms with Crippen LogP contribution in [0.5, 0.6) is 0 Å². The molecule has 96 valence electrons. The lowest BCUT2D eigenvalue weighted by Crippen LogP contribution is -2.46. The van der Waals surface area contributed by atoms with Crippen molar-refractivity contribution in [2.75, 3.05) is 59.5 Å². The summed E-state index contributed by atoms with van der Waals surface area (Å²) in [6, 6.07) is 0. The number of hydrogen-bond acceptors (Lipinski definition) is 4. The Morgan fingerprint density at radius 1 is 1.25 bits per heavy atom. The third-order valence-corrected chi connectivity index (χ3v) is 2.93. The maximum atomic E-state index is 5.54. The quantitative estimate of drug-likeness (QED) is 0.677. The van der Waals surface area contributed by atoms with Gasteiger partial charge in [0.15, 0.2) is 0 Å². The van der Waals surface area contributed by atoms with E-state index in [4.69, 9.17) is 4.74 Å². The largest absolute Gasteiger partial charge is 0.377 e. The van der Waals surface area contributed by atoms with E-state index in [1.165, 1.54) is 19.6 Å². The van der Waals surface area contributed by atoms with Crippen LogP contribution in [0.15, 0.2) is 0 Å². The summed E-state index contributed by atoms with van der Waals surface area (Å²) in [5, 5.41) is 3.37. The molecule has 4 heteroatoms. The van der Waals surface area contributed by atoms with Crippen molar-refractivity contribution in [1.82, 2.24) is 15.1 Å². The van der Waals surface area contributed by atoms with Gasteiger partial charge >= 0.3 is 0 Å². The van der Waals surface area contributed by atoms with E-state index in [0.29, 0.717) is 6.10 Å². The summed E-state index contributed by atoms with van der Waals surface area (Å²) in [5.41, 5.74) is 0. The summed E-state index contributed by atoms with van der Waals surface area (Å²) < 4.78 is 5.54. The van der Waals surface area contributed by atoms with Crippen LogP contribution in [0.3, 0.4) is 0 Å². The van der Waals surface area contributed by atoms with Crippen LogP contribution in [0.2, 0.25) is 0 Å². The van der Waals surface area contributed by atoms with Crippen molar-refractivity contribution in [3.8, 4) is 0 Å². The topological polar surface area (TPSA) is 27.7 Å². The van der Waals surface area contributed by atoms with Crippen molar-refractivity contribution in [1.29, 1.82) is 0 Å². The van der Waals surface area contributed by atoms with E-state index in [1.807, 2.05) is 0 Å². The SMILES string of the molecule is CC(C)OCCN(C)CCN1CCNCC1. The molecule has 0 spiro atoms. The number of ether oxygens (including phenoxy) is 1. The summed E-state index contributed by atoms with van der Waals surface area (Å²) >= 11 is 0. The molecule has 0 atom stereocenters. The van der Waals surface area contributed by atoms with Gasteiger partial charge in [-0.25, -0.2) is 0 Å². The lowest BCUT2D eigenvalue weighted by atomic mass is 10.3. The normalized spacial score (nSPS) is 18.6. The second kappa shape index (κ2) is 8.01. The van der Waals surface area contributed by atoms with Gasteiger partial charge in [0.1, 0.15) is 0 Å². The number of rotatable bonds is 7. The molecular weight excluding hydrogens is 202 g/mol. The first-order valence-electron chi connectivity index (χ1n) is 6.41. The molecule has 0 amide bonds. The van der Waals surface area contributed by atoms with Gasteiger partial charge in [-0.05, 0) is 20.9 Å². The number of nitrogens with zero attached hydrogens (tertiary/aromatic N) is 2. The second-order valence-electron chi connectivity index (χ2n) is 4.81. The van der Waals surface area contributed by atoms with E-state index < -0.39 is 0 Å². The third-order valence-electron chi connectivity index (χ3n) is 2.93. The molecule has 1 aliphatic heterocycles. The van der Waals surface area contributed by atoms with Gasteiger partial charge in [0, 0.05) is 45.8 Å². The van der Waals surface area contributed by atoms with Crippen LogP contribution in [-0.2, 0) is 4.74 Å². The Morgan fingerprint density at radius 2 is 1.94 bits per heavy atom. The lowest BCUT2D eigenvalue weighted by molar-refractivity contribution is 0.0617. The molecular formula is C12H27N3O. The molecule has 0 aromatic heterocycles. The molecule has 0 bridgehead atoms. The molecule has 0 radical (unpaired) electrons. The van der Waals surface area contributed by atoms with Crippen molar-refractivity contribution in [2.24, 2.45) is 0 Å². The summed E-state index contributed by atoms with van der Waals surface area (Å²) in [4.78, 5) is 4.88. The summed E-state index contributed by atoms with van der Waals surface area (Å²) in [7, 11) is 2.17. The van der Waals surface area contributed by atoms with Gasteiger partial charge in [-0.2, -0.15) is 0 Å². The second-order valence-corrected chi connectivity index (χ2v) is 4.81. The molecule has 1 fully saturated rings. The van der Waals surface area contributed by atoms with Crippen LogP contribution in [0.25, 0.3) is 0 Å². The van der Waals surface area contributed by atoms with Crippen LogP contribution in [0.1, 0.15) is 13.8 Å². The van der Waals surface area contributed by atoms with Crippen LogP contribution in [0, 0.1) is 0 Å². The predicted molar refractivity (Wildman–Crippen MR) is 67.9 cm³/mol. The monoisotopic (exact) mass is 229 g/mol. The van der Waals surface area contributed by atoms with Crippen LogP contribution >= 0.6 is 0 Å². The minimum atomic E-state index is 0.349. The van der Waals surface area contributed by atoms with Gasteiger partial charge < -0.3 is 15.0 Å². The minimum absolute atomic E-state index is 0.349. The average Bonchev–Trinajstić information content (AvgIpc) is 2.27. The number of likely N-dealkylation sites (N-methyl/N-ethyl adjacent to an activating group) is 1. The van der Waals surface area contributed by atoms with Gasteiger partial charge in [0.05, 0.1) is 12.7 Å². The summed E-state index contributed by atoms with van der Waals surface area (Å²) in [5.74, 6) is 0. The molecule has 0 aromatic carbocycles. The molecule has 1 saturated heterocycles. The Morgan fingerprint density at radius 3 is 2.56 bits per heavy atom. The van der Waals surface area contributed by atoms with Gasteiger partial charge in [-0.1, -0.05) is 0 Å². The van der Waals surface area contributed by atoms with Crippen molar-refractivity contribution in [3.05, 3.63) is 0 Å². The Labute approximate surface area is 99.9 Å². The fourth-order valence-corrected chi connectivity index (χ4v) is 1.80. The molecule has 1 N–H and O–H groups in total. The lowest BCUT2D eigenvalue weighted by Gasteiger charge is -2.29. The zero-order chi connectivity index (χ0) is 11.8. The highest BCUT2D eigenvalue weighted by Gasteiger charge is 2.09. The predicted octanol–water partition coefficient (Wildman–Crippen LogP) is 0.248. The third kappa shape index (κ3) is 6.43. The molecule has 1 rings (SSSR count). The van der Waals surface area contributed by atoms with Crippen LogP contribution in [-0.4, -0.2) is 75.4 Å². The van der Waals surface area contributed by atoms with Gasteiger partial charge in [-0.15, -0.1) is 0 Å². The van der Waals surface area contributed by atoms with E-state index in [0.717, 1.165) is 32.8 Å². The average molecular weight is 229 g/mol. The molecule has 0 aromatic rings. The summed E-state index contributed by atoms with van der Waals surface area (Å²) in [6.45, 7) is 13.0. The van der Waals surface area contributed by atoms with Crippen molar-refractivity contribution in [2.45, 2.75) is 20.0 Å². The van der Waals surface area contributed by atoms with Gasteiger partial charge in [0.25, 0.3) is 0 Å². The highest BCUT2D eigenvalue weighted by Crippen LogP contribution is 1.94. The molecule has 0 unspecified atom stereocenters. The minimum Gasteiger partial charge on any atom is -0.377 e. The Balaban J connectivity index is 1.98. The van der Waals surface area contributed by atoms with Crippen LogP contribution in [0.4, 0.5) is 0 Å². The first kappa shape index (κ1) is 13.9. The highest BCUT2D eigenvalue weighted by atomic mass is 16.5. The van der Waals surface area contributed by atoms with E-state index in [9.17, 15) is 0 Å². The fourth-order valence-electron chi connectivity index (χ4n) is 1.80. The Hall–Kier alpha value is -0.160. The Kier molecular flexibility index (Phi) is 6.96. The van der Waals surface area contributed by atoms with Crippen molar-refractivity contribution >= 4 is 0 Å². The van der Waals surface area contributed by atoms with Gasteiger partial charge in [-0.3, -0.25) is 4.90 Å². The van der Waals surface area contributed by atoms with E-state index in [2.05, 4.69) is 36.0 Å². The maximum absolute atomic E-state index is 5.54. The first-order chi connectivity index (χ1) is 7.68. The molecule has 0 saturated carbocycles. The molecule has 1 aliphatic rings. The highest BCUT2D eigenvalue weighted by molar-refractivity contribution is 4.68. The van der Waals surface area contributed by atoms with Crippen molar-refractivity contribution < 1.29 is 4.74 Å². The number of nitrogens with one attached hydrogen (secondary N) is 1. The van der Waals surface area contributed by atoms with Crippen LogP contribution < -0.4 is 5.32 Å². The van der Waals surface area contributed by atoms with E-state index in [-0.39, 0.29) is 0 Å². The zero-order valence-electron chi connectivity index (χ0n) is 11.0. The zero-order valence-corrected chi connectivity index (χ0v) is 11.0. The smallest absolute Gasteiger partial charge is 0.0596 e.